The maximum Gasteiger partial charge on any atom is 0.0695 e. The van der Waals surface area contributed by atoms with E-state index >= 15 is 0 Å². The van der Waals surface area contributed by atoms with Crippen LogP contribution in [0.25, 0.3) is 0 Å². The highest BCUT2D eigenvalue weighted by molar-refractivity contribution is 4.84. The molecule has 3 heteroatoms. The quantitative estimate of drug-likeness (QED) is 0.758. The molecule has 1 unspecified atom stereocenters. The molecule has 0 bridgehead atoms. The number of aliphatic hydroxyl groups is 1. The lowest BCUT2D eigenvalue weighted by molar-refractivity contribution is 0.0722. The second kappa shape index (κ2) is 5.48. The molecule has 1 heterocycles. The Balaban J connectivity index is 1.64. The van der Waals surface area contributed by atoms with Crippen LogP contribution in [0.1, 0.15) is 25.7 Å². The molecule has 2 fully saturated rings. The van der Waals surface area contributed by atoms with E-state index in [0.717, 1.165) is 12.5 Å². The standard InChI is InChI=1S/C13H26N2O/c1-14(2)9-11-5-7-15(8-6-11)10-13(16)12-3-4-12/h11-13,16H,3-10H2,1-2H3. The summed E-state index contributed by atoms with van der Waals surface area (Å²) in [6.07, 6.45) is 5.05. The minimum absolute atomic E-state index is 0.0506. The van der Waals surface area contributed by atoms with E-state index < -0.39 is 0 Å². The Bertz CT molecular complexity index is 208. The molecule has 1 saturated carbocycles. The van der Waals surface area contributed by atoms with Gasteiger partial charge in [-0.05, 0) is 64.7 Å². The molecule has 1 aliphatic heterocycles. The van der Waals surface area contributed by atoms with Crippen LogP contribution in [0.2, 0.25) is 0 Å². The number of hydrogen-bond acceptors (Lipinski definition) is 3. The van der Waals surface area contributed by atoms with Crippen molar-refractivity contribution in [2.75, 3.05) is 40.3 Å². The second-order valence-electron chi connectivity index (χ2n) is 5.91. The summed E-state index contributed by atoms with van der Waals surface area (Å²) in [5, 5.41) is 9.90. The van der Waals surface area contributed by atoms with Gasteiger partial charge in [0.15, 0.2) is 0 Å². The van der Waals surface area contributed by atoms with Crippen LogP contribution in [0.15, 0.2) is 0 Å². The van der Waals surface area contributed by atoms with Crippen molar-refractivity contribution in [3.8, 4) is 0 Å². The smallest absolute Gasteiger partial charge is 0.0695 e. The number of β-amino-alcohol motifs (C(OH)–C–C–N with tert-alkyl or cyclic N) is 1. The molecule has 2 rings (SSSR count). The summed E-state index contributed by atoms with van der Waals surface area (Å²) in [6.45, 7) is 4.50. The average molecular weight is 226 g/mol. The Morgan fingerprint density at radius 3 is 2.31 bits per heavy atom. The number of rotatable bonds is 5. The maximum absolute atomic E-state index is 9.90. The molecule has 0 spiro atoms. The maximum atomic E-state index is 9.90. The zero-order chi connectivity index (χ0) is 11.5. The van der Waals surface area contributed by atoms with Gasteiger partial charge >= 0.3 is 0 Å². The van der Waals surface area contributed by atoms with Gasteiger partial charge in [-0.3, -0.25) is 0 Å². The molecule has 1 N–H and O–H groups in total. The van der Waals surface area contributed by atoms with Crippen LogP contribution in [0.4, 0.5) is 0 Å². The predicted octanol–water partition coefficient (Wildman–Crippen LogP) is 1.03. The van der Waals surface area contributed by atoms with Crippen molar-refractivity contribution in [1.82, 2.24) is 9.80 Å². The third-order valence-corrected chi connectivity index (χ3v) is 3.94. The van der Waals surface area contributed by atoms with Crippen LogP contribution < -0.4 is 0 Å². The van der Waals surface area contributed by atoms with Crippen LogP contribution in [0, 0.1) is 11.8 Å². The van der Waals surface area contributed by atoms with E-state index in [0.29, 0.717) is 5.92 Å². The molecular formula is C13H26N2O. The summed E-state index contributed by atoms with van der Waals surface area (Å²) >= 11 is 0. The molecule has 1 atom stereocenters. The van der Waals surface area contributed by atoms with Gasteiger partial charge in [0.1, 0.15) is 0 Å². The van der Waals surface area contributed by atoms with Gasteiger partial charge in [0.2, 0.25) is 0 Å². The Labute approximate surface area is 99.4 Å². The van der Waals surface area contributed by atoms with E-state index in [-0.39, 0.29) is 6.10 Å². The predicted molar refractivity (Wildman–Crippen MR) is 66.4 cm³/mol. The molecule has 0 radical (unpaired) electrons. The highest BCUT2D eigenvalue weighted by atomic mass is 16.3. The Hall–Kier alpha value is -0.120. The van der Waals surface area contributed by atoms with Crippen molar-refractivity contribution in [3.63, 3.8) is 0 Å². The van der Waals surface area contributed by atoms with Crippen molar-refractivity contribution in [3.05, 3.63) is 0 Å². The van der Waals surface area contributed by atoms with E-state index in [1.54, 1.807) is 0 Å². The van der Waals surface area contributed by atoms with Crippen molar-refractivity contribution < 1.29 is 5.11 Å². The first-order valence-corrected chi connectivity index (χ1v) is 6.70. The highest BCUT2D eigenvalue weighted by Crippen LogP contribution is 2.33. The molecule has 1 saturated heterocycles. The van der Waals surface area contributed by atoms with Crippen molar-refractivity contribution in [1.29, 1.82) is 0 Å². The largest absolute Gasteiger partial charge is 0.392 e. The Morgan fingerprint density at radius 2 is 1.81 bits per heavy atom. The van der Waals surface area contributed by atoms with Crippen LogP contribution in [-0.4, -0.2) is 61.3 Å². The first kappa shape index (κ1) is 12.3. The van der Waals surface area contributed by atoms with Crippen molar-refractivity contribution >= 4 is 0 Å². The summed E-state index contributed by atoms with van der Waals surface area (Å²) in [7, 11) is 4.31. The molecule has 3 nitrogen and oxygen atoms in total. The van der Waals surface area contributed by atoms with Crippen LogP contribution >= 0.6 is 0 Å². The number of hydrogen-bond donors (Lipinski definition) is 1. The fourth-order valence-electron chi connectivity index (χ4n) is 2.76. The summed E-state index contributed by atoms with van der Waals surface area (Å²) in [6, 6.07) is 0. The molecule has 0 aromatic carbocycles. The minimum Gasteiger partial charge on any atom is -0.392 e. The summed E-state index contributed by atoms with van der Waals surface area (Å²) in [5.41, 5.74) is 0. The molecule has 2 aliphatic rings. The van der Waals surface area contributed by atoms with Gasteiger partial charge in [0.05, 0.1) is 6.10 Å². The third kappa shape index (κ3) is 3.72. The van der Waals surface area contributed by atoms with E-state index in [9.17, 15) is 5.11 Å². The molecule has 16 heavy (non-hydrogen) atoms. The van der Waals surface area contributed by atoms with E-state index in [1.165, 1.54) is 45.3 Å². The number of likely N-dealkylation sites (tertiary alicyclic amines) is 1. The van der Waals surface area contributed by atoms with Gasteiger partial charge in [0.25, 0.3) is 0 Å². The van der Waals surface area contributed by atoms with E-state index in [1.807, 2.05) is 0 Å². The van der Waals surface area contributed by atoms with Crippen molar-refractivity contribution in [2.24, 2.45) is 11.8 Å². The zero-order valence-electron chi connectivity index (χ0n) is 10.7. The van der Waals surface area contributed by atoms with Gasteiger partial charge < -0.3 is 14.9 Å². The van der Waals surface area contributed by atoms with Crippen molar-refractivity contribution in [2.45, 2.75) is 31.8 Å². The average Bonchev–Trinajstić information content (AvgIpc) is 3.03. The van der Waals surface area contributed by atoms with E-state index in [2.05, 4.69) is 23.9 Å². The monoisotopic (exact) mass is 226 g/mol. The summed E-state index contributed by atoms with van der Waals surface area (Å²) in [4.78, 5) is 4.74. The van der Waals surface area contributed by atoms with Gasteiger partial charge in [0, 0.05) is 13.1 Å². The zero-order valence-corrected chi connectivity index (χ0v) is 10.7. The third-order valence-electron chi connectivity index (χ3n) is 3.94. The molecule has 94 valence electrons. The Morgan fingerprint density at radius 1 is 1.19 bits per heavy atom. The SMILES string of the molecule is CN(C)CC1CCN(CC(O)C2CC2)CC1. The lowest BCUT2D eigenvalue weighted by atomic mass is 9.96. The number of nitrogens with zero attached hydrogens (tertiary/aromatic N) is 2. The topological polar surface area (TPSA) is 26.7 Å². The first-order chi connectivity index (χ1) is 7.65. The van der Waals surface area contributed by atoms with E-state index in [4.69, 9.17) is 0 Å². The van der Waals surface area contributed by atoms with Gasteiger partial charge in [-0.15, -0.1) is 0 Å². The van der Waals surface area contributed by atoms with Gasteiger partial charge in [-0.1, -0.05) is 0 Å². The summed E-state index contributed by atoms with van der Waals surface area (Å²) in [5.74, 6) is 1.49. The molecule has 1 aliphatic carbocycles. The fraction of sp³-hybridized carbons (Fsp3) is 1.00. The molecule has 0 aromatic rings. The Kier molecular flexibility index (Phi) is 4.22. The van der Waals surface area contributed by atoms with Crippen LogP contribution in [0.5, 0.6) is 0 Å². The highest BCUT2D eigenvalue weighted by Gasteiger charge is 2.31. The second-order valence-corrected chi connectivity index (χ2v) is 5.91. The lowest BCUT2D eigenvalue weighted by Gasteiger charge is -2.34. The lowest BCUT2D eigenvalue weighted by Crippen LogP contribution is -2.41. The van der Waals surface area contributed by atoms with Gasteiger partial charge in [-0.25, -0.2) is 0 Å². The number of piperidine rings is 1. The number of aliphatic hydroxyl groups excluding tert-OH is 1. The van der Waals surface area contributed by atoms with Gasteiger partial charge in [-0.2, -0.15) is 0 Å². The first-order valence-electron chi connectivity index (χ1n) is 6.70. The van der Waals surface area contributed by atoms with Crippen LogP contribution in [-0.2, 0) is 0 Å². The van der Waals surface area contributed by atoms with Crippen LogP contribution in [0.3, 0.4) is 0 Å². The molecular weight excluding hydrogens is 200 g/mol. The normalized spacial score (nSPS) is 26.2. The minimum atomic E-state index is -0.0506. The summed E-state index contributed by atoms with van der Waals surface area (Å²) < 4.78 is 0. The fourth-order valence-corrected chi connectivity index (χ4v) is 2.76. The molecule has 0 aromatic heterocycles. The molecule has 0 amide bonds.